The van der Waals surface area contributed by atoms with Crippen molar-refractivity contribution in [1.29, 1.82) is 0 Å². The van der Waals surface area contributed by atoms with Crippen molar-refractivity contribution in [3.63, 3.8) is 0 Å². The maximum absolute atomic E-state index is 12.9. The number of carbonyl (C=O) groups excluding carboxylic acids is 1. The van der Waals surface area contributed by atoms with Gasteiger partial charge in [-0.25, -0.2) is 13.4 Å². The Hall–Kier alpha value is -2.16. The average molecular weight is 410 g/mol. The third-order valence-corrected chi connectivity index (χ3v) is 8.58. The second-order valence-electron chi connectivity index (χ2n) is 8.36. The molecule has 1 saturated carbocycles. The zero-order chi connectivity index (χ0) is 20.7. The Kier molecular flexibility index (Phi) is 5.16. The van der Waals surface area contributed by atoms with Crippen molar-refractivity contribution in [2.45, 2.75) is 75.7 Å². The van der Waals surface area contributed by atoms with Crippen LogP contribution < -0.4 is 5.32 Å². The molecule has 0 atom stereocenters. The van der Waals surface area contributed by atoms with Crippen molar-refractivity contribution in [2.75, 3.05) is 5.32 Å². The quantitative estimate of drug-likeness (QED) is 0.777. The van der Waals surface area contributed by atoms with Gasteiger partial charge < -0.3 is 8.94 Å². The first-order chi connectivity index (χ1) is 13.0. The first-order valence-corrected chi connectivity index (χ1v) is 11.0. The van der Waals surface area contributed by atoms with E-state index in [4.69, 9.17) is 8.94 Å². The molecule has 0 aromatic carbocycles. The third kappa shape index (κ3) is 3.47. The Labute approximate surface area is 165 Å². The predicted octanol–water partition coefficient (Wildman–Crippen LogP) is 3.37. The van der Waals surface area contributed by atoms with Crippen molar-refractivity contribution >= 4 is 21.6 Å². The minimum absolute atomic E-state index is 0.0963. The minimum Gasteiger partial charge on any atom is -0.445 e. The lowest BCUT2D eigenvalue weighted by atomic mass is 9.87. The van der Waals surface area contributed by atoms with E-state index in [2.05, 4.69) is 15.5 Å². The van der Waals surface area contributed by atoms with Gasteiger partial charge in [0.1, 0.15) is 10.5 Å². The van der Waals surface area contributed by atoms with Crippen molar-refractivity contribution in [3.05, 3.63) is 29.6 Å². The summed E-state index contributed by atoms with van der Waals surface area (Å²) in [6, 6.07) is 1.58. The number of nitrogens with zero attached hydrogens (tertiary/aromatic N) is 2. The summed E-state index contributed by atoms with van der Waals surface area (Å²) in [5.74, 6) is 0.619. The molecule has 0 spiro atoms. The number of carbonyl (C=O) groups is 1. The molecule has 28 heavy (non-hydrogen) atoms. The molecule has 8 nitrogen and oxygen atoms in total. The van der Waals surface area contributed by atoms with E-state index in [1.165, 1.54) is 13.8 Å². The summed E-state index contributed by atoms with van der Waals surface area (Å²) in [6.45, 7) is 8.42. The van der Waals surface area contributed by atoms with Gasteiger partial charge in [-0.15, -0.1) is 0 Å². The molecule has 0 saturated heterocycles. The van der Waals surface area contributed by atoms with Crippen LogP contribution in [-0.2, 0) is 20.0 Å². The lowest BCUT2D eigenvalue weighted by Crippen LogP contribution is -2.48. The van der Waals surface area contributed by atoms with E-state index in [0.717, 1.165) is 12.8 Å². The van der Waals surface area contributed by atoms with Crippen LogP contribution in [0.15, 0.2) is 21.2 Å². The van der Waals surface area contributed by atoms with Gasteiger partial charge >= 0.3 is 0 Å². The van der Waals surface area contributed by atoms with Crippen LogP contribution in [0.3, 0.4) is 0 Å². The van der Waals surface area contributed by atoms with Crippen molar-refractivity contribution in [1.82, 2.24) is 10.1 Å². The van der Waals surface area contributed by atoms with Gasteiger partial charge in [0.2, 0.25) is 11.8 Å². The molecule has 0 radical (unpaired) electrons. The van der Waals surface area contributed by atoms with E-state index in [1.807, 2.05) is 13.8 Å². The molecule has 1 N–H and O–H groups in total. The van der Waals surface area contributed by atoms with Crippen molar-refractivity contribution in [2.24, 2.45) is 0 Å². The van der Waals surface area contributed by atoms with Gasteiger partial charge in [0.05, 0.1) is 22.6 Å². The molecule has 2 heterocycles. The molecule has 0 bridgehead atoms. The predicted molar refractivity (Wildman–Crippen MR) is 104 cm³/mol. The van der Waals surface area contributed by atoms with E-state index in [9.17, 15) is 13.2 Å². The SMILES string of the molecule is Cc1ncc(C(C)(C)c2cc(NC(=O)C(C)(C)S(=O)(=O)C3CCCC3)on2)o1. The summed E-state index contributed by atoms with van der Waals surface area (Å²) >= 11 is 0. The van der Waals surface area contributed by atoms with Crippen LogP contribution in [-0.4, -0.2) is 34.5 Å². The fourth-order valence-corrected chi connectivity index (χ4v) is 5.51. The molecular formula is C19H27N3O5S. The monoisotopic (exact) mass is 409 g/mol. The van der Waals surface area contributed by atoms with E-state index < -0.39 is 31.2 Å². The average Bonchev–Trinajstić information content (AvgIpc) is 3.36. The Morgan fingerprint density at radius 2 is 1.86 bits per heavy atom. The van der Waals surface area contributed by atoms with Gasteiger partial charge in [0.25, 0.3) is 0 Å². The number of hydrogen-bond acceptors (Lipinski definition) is 7. The number of oxazole rings is 1. The Morgan fingerprint density at radius 3 is 2.43 bits per heavy atom. The van der Waals surface area contributed by atoms with Gasteiger partial charge in [-0.3, -0.25) is 10.1 Å². The van der Waals surface area contributed by atoms with Crippen LogP contribution >= 0.6 is 0 Å². The lowest BCUT2D eigenvalue weighted by molar-refractivity contribution is -0.118. The first kappa shape index (κ1) is 20.6. The first-order valence-electron chi connectivity index (χ1n) is 9.41. The number of hydrogen-bond donors (Lipinski definition) is 1. The highest BCUT2D eigenvalue weighted by molar-refractivity contribution is 7.94. The summed E-state index contributed by atoms with van der Waals surface area (Å²) in [4.78, 5) is 16.9. The zero-order valence-electron chi connectivity index (χ0n) is 16.9. The fraction of sp³-hybridized carbons (Fsp3) is 0.632. The molecular weight excluding hydrogens is 382 g/mol. The normalized spacial score (nSPS) is 16.5. The molecule has 0 unspecified atom stereocenters. The molecule has 2 aromatic heterocycles. The van der Waals surface area contributed by atoms with Gasteiger partial charge in [0, 0.05) is 13.0 Å². The standard InChI is InChI=1S/C19H27N3O5S/c1-12-20-11-15(26-12)18(2,3)14-10-16(27-22-14)21-17(23)19(4,5)28(24,25)13-8-6-7-9-13/h10-11,13H,6-9H2,1-5H3,(H,21,23). The Bertz CT molecular complexity index is 965. The second kappa shape index (κ2) is 7.02. The number of sulfone groups is 1. The number of rotatable bonds is 6. The topological polar surface area (TPSA) is 115 Å². The molecule has 154 valence electrons. The molecule has 1 amide bonds. The van der Waals surface area contributed by atoms with E-state index in [-0.39, 0.29) is 5.88 Å². The van der Waals surface area contributed by atoms with Crippen LogP contribution in [0.4, 0.5) is 5.88 Å². The van der Waals surface area contributed by atoms with Crippen molar-refractivity contribution in [3.8, 4) is 0 Å². The number of anilines is 1. The smallest absolute Gasteiger partial charge is 0.247 e. The van der Waals surface area contributed by atoms with Crippen LogP contribution in [0, 0.1) is 6.92 Å². The van der Waals surface area contributed by atoms with Gasteiger partial charge in [-0.2, -0.15) is 0 Å². The van der Waals surface area contributed by atoms with E-state index >= 15 is 0 Å². The summed E-state index contributed by atoms with van der Waals surface area (Å²) in [5.41, 5.74) is -0.0884. The van der Waals surface area contributed by atoms with Gasteiger partial charge in [-0.05, 0) is 40.5 Å². The van der Waals surface area contributed by atoms with Crippen LogP contribution in [0.1, 0.15) is 70.7 Å². The molecule has 1 fully saturated rings. The summed E-state index contributed by atoms with van der Waals surface area (Å²) in [6.07, 6.45) is 4.60. The second-order valence-corrected chi connectivity index (χ2v) is 11.1. The molecule has 1 aliphatic carbocycles. The summed E-state index contributed by atoms with van der Waals surface area (Å²) in [7, 11) is -3.62. The van der Waals surface area contributed by atoms with E-state index in [1.54, 1.807) is 19.2 Å². The highest BCUT2D eigenvalue weighted by atomic mass is 32.2. The molecule has 9 heteroatoms. The van der Waals surface area contributed by atoms with Crippen LogP contribution in [0.5, 0.6) is 0 Å². The third-order valence-electron chi connectivity index (χ3n) is 5.62. The molecule has 1 aliphatic rings. The van der Waals surface area contributed by atoms with Gasteiger partial charge in [-0.1, -0.05) is 18.0 Å². The molecule has 2 aromatic rings. The fourth-order valence-electron chi connectivity index (χ4n) is 3.41. The molecule has 3 rings (SSSR count). The number of amides is 1. The zero-order valence-corrected chi connectivity index (χ0v) is 17.7. The van der Waals surface area contributed by atoms with Crippen LogP contribution in [0.25, 0.3) is 0 Å². The lowest BCUT2D eigenvalue weighted by Gasteiger charge is -2.26. The summed E-state index contributed by atoms with van der Waals surface area (Å²) < 4.78 is 35.1. The Balaban J connectivity index is 1.78. The summed E-state index contributed by atoms with van der Waals surface area (Å²) in [5, 5.41) is 6.12. The minimum atomic E-state index is -3.62. The Morgan fingerprint density at radius 1 is 1.21 bits per heavy atom. The van der Waals surface area contributed by atoms with Crippen LogP contribution in [0.2, 0.25) is 0 Å². The number of aromatic nitrogens is 2. The maximum Gasteiger partial charge on any atom is 0.247 e. The maximum atomic E-state index is 12.9. The van der Waals surface area contributed by atoms with Crippen molar-refractivity contribution < 1.29 is 22.2 Å². The largest absolute Gasteiger partial charge is 0.445 e. The van der Waals surface area contributed by atoms with Gasteiger partial charge in [0.15, 0.2) is 15.7 Å². The highest BCUT2D eigenvalue weighted by Gasteiger charge is 2.47. The number of nitrogens with one attached hydrogen (secondary N) is 1. The van der Waals surface area contributed by atoms with E-state index in [0.29, 0.717) is 30.2 Å². The number of aryl methyl sites for hydroxylation is 1. The molecule has 0 aliphatic heterocycles. The highest BCUT2D eigenvalue weighted by Crippen LogP contribution is 2.35.